The summed E-state index contributed by atoms with van der Waals surface area (Å²) in [6, 6.07) is 2.25. The second-order valence-corrected chi connectivity index (χ2v) is 11.0. The molecule has 2 fully saturated rings. The van der Waals surface area contributed by atoms with E-state index in [0.29, 0.717) is 12.5 Å². The maximum atomic E-state index is 12.6. The molecule has 1 aliphatic carbocycles. The fourth-order valence-electron chi connectivity index (χ4n) is 5.06. The third-order valence-corrected chi connectivity index (χ3v) is 7.63. The molecule has 1 spiro atoms. The van der Waals surface area contributed by atoms with E-state index in [2.05, 4.69) is 13.0 Å². The molecule has 3 heterocycles. The van der Waals surface area contributed by atoms with E-state index in [1.165, 1.54) is 29.7 Å². The smallest absolute Gasteiger partial charge is 0.410 e. The normalized spacial score (nSPS) is 33.5. The molecule has 6 heteroatoms. The van der Waals surface area contributed by atoms with Gasteiger partial charge in [0.1, 0.15) is 11.2 Å². The second-order valence-electron chi connectivity index (χ2n) is 9.35. The number of halogens is 1. The van der Waals surface area contributed by atoms with Gasteiger partial charge in [-0.25, -0.2) is 4.79 Å². The van der Waals surface area contributed by atoms with E-state index in [0.717, 1.165) is 23.6 Å². The molecular formula is C21H30ClNO3S. The summed E-state index contributed by atoms with van der Waals surface area (Å²) in [5.74, 6) is 0.488. The van der Waals surface area contributed by atoms with Crippen molar-refractivity contribution in [2.75, 3.05) is 6.54 Å². The SMILES string of the molecule is C[C@H]1CC2(CCN1C(=O)OC(C)(C)C)OC1CCCCC1c1cc(Cl)sc12. The minimum atomic E-state index is -0.475. The van der Waals surface area contributed by atoms with Gasteiger partial charge in [-0.1, -0.05) is 24.4 Å². The van der Waals surface area contributed by atoms with Crippen LogP contribution >= 0.6 is 22.9 Å². The van der Waals surface area contributed by atoms with E-state index in [1.54, 1.807) is 11.3 Å². The fraction of sp³-hybridized carbons (Fsp3) is 0.762. The predicted molar refractivity (Wildman–Crippen MR) is 109 cm³/mol. The zero-order valence-electron chi connectivity index (χ0n) is 16.7. The quantitative estimate of drug-likeness (QED) is 0.519. The van der Waals surface area contributed by atoms with E-state index >= 15 is 0 Å². The van der Waals surface area contributed by atoms with E-state index in [-0.39, 0.29) is 23.8 Å². The number of hydrogen-bond acceptors (Lipinski definition) is 4. The number of amides is 1. The topological polar surface area (TPSA) is 38.8 Å². The molecule has 1 amide bonds. The lowest BCUT2D eigenvalue weighted by molar-refractivity contribution is -0.161. The Morgan fingerprint density at radius 1 is 1.37 bits per heavy atom. The van der Waals surface area contributed by atoms with Crippen LogP contribution in [-0.2, 0) is 15.1 Å². The van der Waals surface area contributed by atoms with Crippen LogP contribution in [0.1, 0.15) is 82.6 Å². The molecule has 1 saturated carbocycles. The van der Waals surface area contributed by atoms with E-state index in [9.17, 15) is 4.79 Å². The standard InChI is InChI=1S/C21H30ClNO3S/c1-13-12-21(9-10-23(13)19(24)26-20(2,3)4)18-15(11-17(22)27-18)14-7-5-6-8-16(14)25-21/h11,13-14,16H,5-10,12H2,1-4H3/t13-,14?,16?,21?/m0/s1. The summed E-state index contributed by atoms with van der Waals surface area (Å²) in [5, 5.41) is 0. The van der Waals surface area contributed by atoms with Gasteiger partial charge < -0.3 is 14.4 Å². The van der Waals surface area contributed by atoms with Crippen molar-refractivity contribution in [2.45, 2.75) is 95.5 Å². The molecule has 0 bridgehead atoms. The molecule has 0 aromatic carbocycles. The number of likely N-dealkylation sites (tertiary alicyclic amines) is 1. The highest BCUT2D eigenvalue weighted by Crippen LogP contribution is 2.55. The molecule has 0 N–H and O–H groups in total. The Balaban J connectivity index is 1.60. The summed E-state index contributed by atoms with van der Waals surface area (Å²) in [6.45, 7) is 8.50. The van der Waals surface area contributed by atoms with Gasteiger partial charge in [0.15, 0.2) is 0 Å². The van der Waals surface area contributed by atoms with Crippen LogP contribution in [0.15, 0.2) is 6.07 Å². The number of thiophene rings is 1. The van der Waals surface area contributed by atoms with Gasteiger partial charge in [0.25, 0.3) is 0 Å². The highest BCUT2D eigenvalue weighted by molar-refractivity contribution is 7.16. The first-order chi connectivity index (χ1) is 12.7. The molecule has 0 radical (unpaired) electrons. The summed E-state index contributed by atoms with van der Waals surface area (Å²) in [7, 11) is 0. The van der Waals surface area contributed by atoms with Crippen molar-refractivity contribution in [3.8, 4) is 0 Å². The van der Waals surface area contributed by atoms with Crippen molar-refractivity contribution in [3.63, 3.8) is 0 Å². The van der Waals surface area contributed by atoms with Gasteiger partial charge in [-0.3, -0.25) is 0 Å². The number of piperidine rings is 1. The van der Waals surface area contributed by atoms with Crippen molar-refractivity contribution < 1.29 is 14.3 Å². The molecule has 150 valence electrons. The molecular weight excluding hydrogens is 382 g/mol. The van der Waals surface area contributed by atoms with Crippen LogP contribution in [0.3, 0.4) is 0 Å². The monoisotopic (exact) mass is 411 g/mol. The average Bonchev–Trinajstić information content (AvgIpc) is 2.96. The number of nitrogens with zero attached hydrogens (tertiary/aromatic N) is 1. The number of hydrogen-bond donors (Lipinski definition) is 0. The maximum absolute atomic E-state index is 12.6. The van der Waals surface area contributed by atoms with Crippen LogP contribution in [0.5, 0.6) is 0 Å². The molecule has 27 heavy (non-hydrogen) atoms. The van der Waals surface area contributed by atoms with Crippen LogP contribution in [0, 0.1) is 0 Å². The Hall–Kier alpha value is -0.780. The minimum absolute atomic E-state index is 0.0717. The molecule has 3 aliphatic rings. The van der Waals surface area contributed by atoms with Gasteiger partial charge >= 0.3 is 6.09 Å². The first-order valence-corrected chi connectivity index (χ1v) is 11.4. The Labute approximate surface area is 171 Å². The Bertz CT molecular complexity index is 727. The Kier molecular flexibility index (Phi) is 5.01. The van der Waals surface area contributed by atoms with Gasteiger partial charge in [0, 0.05) is 29.8 Å². The summed E-state index contributed by atoms with van der Waals surface area (Å²) >= 11 is 8.13. The van der Waals surface area contributed by atoms with E-state index in [1.807, 2.05) is 25.7 Å². The summed E-state index contributed by atoms with van der Waals surface area (Å²) in [6.07, 6.45) is 6.52. The zero-order chi connectivity index (χ0) is 19.4. The average molecular weight is 412 g/mol. The molecule has 4 atom stereocenters. The number of rotatable bonds is 0. The van der Waals surface area contributed by atoms with E-state index in [4.69, 9.17) is 21.1 Å². The van der Waals surface area contributed by atoms with Gasteiger partial charge in [-0.15, -0.1) is 11.3 Å². The first-order valence-electron chi connectivity index (χ1n) is 10.2. The molecule has 2 aliphatic heterocycles. The van der Waals surface area contributed by atoms with E-state index < -0.39 is 5.60 Å². The number of carbonyl (C=O) groups excluding carboxylic acids is 1. The maximum Gasteiger partial charge on any atom is 0.410 e. The van der Waals surface area contributed by atoms with Crippen LogP contribution < -0.4 is 0 Å². The lowest BCUT2D eigenvalue weighted by Gasteiger charge is -2.51. The predicted octanol–water partition coefficient (Wildman–Crippen LogP) is 6.07. The highest BCUT2D eigenvalue weighted by Gasteiger charge is 2.51. The third kappa shape index (κ3) is 3.63. The largest absolute Gasteiger partial charge is 0.444 e. The molecule has 4 nitrogen and oxygen atoms in total. The van der Waals surface area contributed by atoms with Crippen LogP contribution in [0.2, 0.25) is 4.34 Å². The number of carbonyl (C=O) groups is 1. The first kappa shape index (κ1) is 19.5. The Morgan fingerprint density at radius 2 is 2.11 bits per heavy atom. The van der Waals surface area contributed by atoms with Crippen LogP contribution in [0.4, 0.5) is 4.79 Å². The summed E-state index contributed by atoms with van der Waals surface area (Å²) in [4.78, 5) is 15.8. The minimum Gasteiger partial charge on any atom is -0.444 e. The van der Waals surface area contributed by atoms with Crippen molar-refractivity contribution in [1.82, 2.24) is 4.90 Å². The van der Waals surface area contributed by atoms with Gasteiger partial charge in [0.05, 0.1) is 10.4 Å². The zero-order valence-corrected chi connectivity index (χ0v) is 18.3. The molecule has 3 unspecified atom stereocenters. The summed E-state index contributed by atoms with van der Waals surface area (Å²) in [5.41, 5.74) is 0.638. The third-order valence-electron chi connectivity index (χ3n) is 6.17. The van der Waals surface area contributed by atoms with Gasteiger partial charge in [-0.05, 0) is 58.6 Å². The lowest BCUT2D eigenvalue weighted by Crippen LogP contribution is -2.55. The van der Waals surface area contributed by atoms with Crippen LogP contribution in [0.25, 0.3) is 0 Å². The van der Waals surface area contributed by atoms with Crippen molar-refractivity contribution >= 4 is 29.0 Å². The fourth-order valence-corrected chi connectivity index (χ4v) is 6.54. The van der Waals surface area contributed by atoms with Crippen molar-refractivity contribution in [3.05, 3.63) is 20.8 Å². The van der Waals surface area contributed by atoms with Gasteiger partial charge in [-0.2, -0.15) is 0 Å². The van der Waals surface area contributed by atoms with Crippen molar-refractivity contribution in [2.24, 2.45) is 0 Å². The van der Waals surface area contributed by atoms with Gasteiger partial charge in [0.2, 0.25) is 0 Å². The molecule has 4 rings (SSSR count). The summed E-state index contributed by atoms with van der Waals surface area (Å²) < 4.78 is 13.3. The number of ether oxygens (including phenoxy) is 2. The van der Waals surface area contributed by atoms with Crippen molar-refractivity contribution in [1.29, 1.82) is 0 Å². The molecule has 1 aromatic heterocycles. The second kappa shape index (κ2) is 6.93. The Morgan fingerprint density at radius 3 is 2.81 bits per heavy atom. The van der Waals surface area contributed by atoms with Crippen LogP contribution in [-0.4, -0.2) is 35.3 Å². The lowest BCUT2D eigenvalue weighted by atomic mass is 9.73. The molecule has 1 saturated heterocycles. The number of fused-ring (bicyclic) bond motifs is 4. The molecule has 1 aromatic rings. The highest BCUT2D eigenvalue weighted by atomic mass is 35.5.